The average Bonchev–Trinajstić information content (AvgIpc) is 2.82. The number of nitrogens with zero attached hydrogens (tertiary/aromatic N) is 1. The van der Waals surface area contributed by atoms with E-state index in [0.29, 0.717) is 18.4 Å². The minimum atomic E-state index is -0.585. The van der Waals surface area contributed by atoms with Crippen LogP contribution in [0, 0.1) is 0 Å². The van der Waals surface area contributed by atoms with Crippen LogP contribution in [0.1, 0.15) is 51.3 Å². The zero-order valence-corrected chi connectivity index (χ0v) is 12.4. The molecule has 0 aliphatic carbocycles. The summed E-state index contributed by atoms with van der Waals surface area (Å²) in [5.74, 6) is 0. The Morgan fingerprint density at radius 3 is 2.86 bits per heavy atom. The van der Waals surface area contributed by atoms with Crippen LogP contribution in [0.5, 0.6) is 0 Å². The normalized spacial score (nSPS) is 25.8. The van der Waals surface area contributed by atoms with Crippen molar-refractivity contribution in [3.8, 4) is 0 Å². The highest BCUT2D eigenvalue weighted by Gasteiger charge is 2.34. The number of unbranched alkanes of at least 4 members (excludes halogenated alkanes) is 1. The number of rotatable bonds is 5. The molecule has 0 unspecified atom stereocenters. The Morgan fingerprint density at radius 2 is 2.24 bits per heavy atom. The first-order valence-corrected chi connectivity index (χ1v) is 7.42. The molecule has 116 valence electrons. The topological polar surface area (TPSA) is 84.3 Å². The number of aromatic amines is 1. The van der Waals surface area contributed by atoms with E-state index in [4.69, 9.17) is 4.74 Å². The van der Waals surface area contributed by atoms with Crippen molar-refractivity contribution >= 4 is 6.08 Å². The maximum atomic E-state index is 11.9. The molecule has 3 atom stereocenters. The minimum Gasteiger partial charge on any atom is -0.390 e. The fourth-order valence-corrected chi connectivity index (χ4v) is 2.46. The lowest BCUT2D eigenvalue weighted by atomic mass is 10.1. The van der Waals surface area contributed by atoms with E-state index in [0.717, 1.165) is 12.8 Å². The second-order valence-electron chi connectivity index (χ2n) is 5.28. The molecule has 0 bridgehead atoms. The molecule has 2 N–H and O–H groups in total. The van der Waals surface area contributed by atoms with Crippen molar-refractivity contribution in [1.82, 2.24) is 9.55 Å². The van der Waals surface area contributed by atoms with Crippen molar-refractivity contribution in [3.05, 3.63) is 38.7 Å². The third-order valence-corrected chi connectivity index (χ3v) is 3.66. The Hall–Kier alpha value is -1.66. The Balaban J connectivity index is 2.30. The van der Waals surface area contributed by atoms with Crippen molar-refractivity contribution in [2.24, 2.45) is 0 Å². The van der Waals surface area contributed by atoms with Gasteiger partial charge in [-0.05, 0) is 12.8 Å². The third kappa shape index (κ3) is 3.51. The van der Waals surface area contributed by atoms with Gasteiger partial charge in [0, 0.05) is 12.6 Å². The molecule has 1 fully saturated rings. The SMILES string of the molecule is CCC/C=C/c1cn([C@H]2C[C@@H](O)[C@@H](CC)O2)c(=O)[nH]c1=O. The summed E-state index contributed by atoms with van der Waals surface area (Å²) in [6.07, 6.45) is 6.61. The molecule has 1 aromatic heterocycles. The number of allylic oxidation sites excluding steroid dienone is 1. The van der Waals surface area contributed by atoms with Crippen LogP contribution in [0.4, 0.5) is 0 Å². The van der Waals surface area contributed by atoms with Crippen LogP contribution in [0.3, 0.4) is 0 Å². The molecule has 2 heterocycles. The first-order valence-electron chi connectivity index (χ1n) is 7.42. The van der Waals surface area contributed by atoms with Gasteiger partial charge in [-0.2, -0.15) is 0 Å². The number of aromatic nitrogens is 2. The number of hydrogen-bond acceptors (Lipinski definition) is 4. The lowest BCUT2D eigenvalue weighted by Crippen LogP contribution is -2.33. The lowest BCUT2D eigenvalue weighted by molar-refractivity contribution is -0.0217. The van der Waals surface area contributed by atoms with Crippen molar-refractivity contribution in [2.75, 3.05) is 0 Å². The van der Waals surface area contributed by atoms with E-state index in [-0.39, 0.29) is 6.10 Å². The van der Waals surface area contributed by atoms with E-state index in [1.165, 1.54) is 10.8 Å². The van der Waals surface area contributed by atoms with Gasteiger partial charge in [0.2, 0.25) is 0 Å². The van der Waals surface area contributed by atoms with Crippen LogP contribution in [0.2, 0.25) is 0 Å². The van der Waals surface area contributed by atoms with Crippen LogP contribution < -0.4 is 11.2 Å². The molecule has 1 aromatic rings. The molecule has 6 heteroatoms. The molecular weight excluding hydrogens is 272 g/mol. The molecule has 6 nitrogen and oxygen atoms in total. The van der Waals surface area contributed by atoms with Gasteiger partial charge >= 0.3 is 5.69 Å². The molecule has 0 saturated carbocycles. The largest absolute Gasteiger partial charge is 0.390 e. The van der Waals surface area contributed by atoms with Crippen LogP contribution >= 0.6 is 0 Å². The lowest BCUT2D eigenvalue weighted by Gasteiger charge is -2.15. The zero-order valence-electron chi connectivity index (χ0n) is 12.4. The van der Waals surface area contributed by atoms with Gasteiger partial charge in [-0.25, -0.2) is 4.79 Å². The predicted octanol–water partition coefficient (Wildman–Crippen LogP) is 1.41. The first-order chi connectivity index (χ1) is 10.1. The highest BCUT2D eigenvalue weighted by Crippen LogP contribution is 2.29. The fraction of sp³-hybridized carbons (Fsp3) is 0.600. The van der Waals surface area contributed by atoms with E-state index >= 15 is 0 Å². The summed E-state index contributed by atoms with van der Waals surface area (Å²) in [6.45, 7) is 3.97. The maximum Gasteiger partial charge on any atom is 0.330 e. The standard InChI is InChI=1S/C15H22N2O4/c1-3-5-6-7-10-9-17(15(20)16-14(10)19)13-8-11(18)12(4-2)21-13/h6-7,9,11-13,18H,3-5,8H2,1-2H3,(H,16,19,20)/b7-6+/t11-,12-,13-/m1/s1. The molecule has 0 amide bonds. The Kier molecular flexibility index (Phi) is 5.14. The van der Waals surface area contributed by atoms with E-state index in [2.05, 4.69) is 4.98 Å². The second-order valence-corrected chi connectivity index (χ2v) is 5.28. The number of hydrogen-bond donors (Lipinski definition) is 2. The van der Waals surface area contributed by atoms with Gasteiger partial charge in [0.15, 0.2) is 0 Å². The van der Waals surface area contributed by atoms with E-state index in [1.54, 1.807) is 6.08 Å². The van der Waals surface area contributed by atoms with Gasteiger partial charge in [0.25, 0.3) is 5.56 Å². The number of aliphatic hydroxyl groups excluding tert-OH is 1. The summed E-state index contributed by atoms with van der Waals surface area (Å²) in [4.78, 5) is 26.0. The molecule has 21 heavy (non-hydrogen) atoms. The maximum absolute atomic E-state index is 11.9. The summed E-state index contributed by atoms with van der Waals surface area (Å²) in [6, 6.07) is 0. The smallest absolute Gasteiger partial charge is 0.330 e. The molecule has 2 rings (SSSR count). The zero-order chi connectivity index (χ0) is 15.4. The van der Waals surface area contributed by atoms with Gasteiger partial charge in [-0.3, -0.25) is 14.3 Å². The van der Waals surface area contributed by atoms with Crippen LogP contribution in [0.15, 0.2) is 21.9 Å². The average molecular weight is 294 g/mol. The van der Waals surface area contributed by atoms with Crippen molar-refractivity contribution in [3.63, 3.8) is 0 Å². The number of H-pyrrole nitrogens is 1. The van der Waals surface area contributed by atoms with Crippen molar-refractivity contribution < 1.29 is 9.84 Å². The van der Waals surface area contributed by atoms with Crippen molar-refractivity contribution in [1.29, 1.82) is 0 Å². The van der Waals surface area contributed by atoms with Gasteiger partial charge in [-0.1, -0.05) is 32.4 Å². The van der Waals surface area contributed by atoms with Gasteiger partial charge in [0.1, 0.15) is 6.23 Å². The van der Waals surface area contributed by atoms with Crippen LogP contribution in [0.25, 0.3) is 6.08 Å². The molecule has 1 saturated heterocycles. The second kappa shape index (κ2) is 6.87. The van der Waals surface area contributed by atoms with E-state index in [1.807, 2.05) is 19.9 Å². The number of nitrogens with one attached hydrogen (secondary N) is 1. The van der Waals surface area contributed by atoms with Gasteiger partial charge in [-0.15, -0.1) is 0 Å². The van der Waals surface area contributed by atoms with Crippen LogP contribution in [-0.4, -0.2) is 26.9 Å². The predicted molar refractivity (Wildman–Crippen MR) is 80.1 cm³/mol. The molecule has 1 aliphatic heterocycles. The molecule has 1 aliphatic rings. The summed E-state index contributed by atoms with van der Waals surface area (Å²) in [7, 11) is 0. The summed E-state index contributed by atoms with van der Waals surface area (Å²) < 4.78 is 7.03. The molecule has 0 radical (unpaired) electrons. The Morgan fingerprint density at radius 1 is 1.48 bits per heavy atom. The summed E-state index contributed by atoms with van der Waals surface area (Å²) >= 11 is 0. The molecule has 0 aromatic carbocycles. The van der Waals surface area contributed by atoms with Gasteiger partial charge < -0.3 is 9.84 Å². The molecule has 0 spiro atoms. The number of aliphatic hydroxyl groups is 1. The minimum absolute atomic E-state index is 0.270. The van der Waals surface area contributed by atoms with Crippen LogP contribution in [-0.2, 0) is 4.74 Å². The third-order valence-electron chi connectivity index (χ3n) is 3.66. The fourth-order valence-electron chi connectivity index (χ4n) is 2.46. The van der Waals surface area contributed by atoms with E-state index < -0.39 is 23.6 Å². The van der Waals surface area contributed by atoms with Crippen molar-refractivity contribution in [2.45, 2.75) is 58.0 Å². The van der Waals surface area contributed by atoms with Gasteiger partial charge in [0.05, 0.1) is 17.8 Å². The Bertz CT molecular complexity index is 617. The molecular formula is C15H22N2O4. The monoisotopic (exact) mass is 294 g/mol. The summed E-state index contributed by atoms with van der Waals surface area (Å²) in [5.41, 5.74) is -0.503. The van der Waals surface area contributed by atoms with E-state index in [9.17, 15) is 14.7 Å². The number of ether oxygens (including phenoxy) is 1. The highest BCUT2D eigenvalue weighted by atomic mass is 16.5. The Labute approximate surface area is 123 Å². The quantitative estimate of drug-likeness (QED) is 0.860. The summed E-state index contributed by atoms with van der Waals surface area (Å²) in [5, 5.41) is 9.88. The highest BCUT2D eigenvalue weighted by molar-refractivity contribution is 5.46. The first kappa shape index (κ1) is 15.7.